The van der Waals surface area contributed by atoms with Gasteiger partial charge in [0.1, 0.15) is 6.61 Å². The number of rotatable bonds is 6. The van der Waals surface area contributed by atoms with Crippen molar-refractivity contribution in [2.24, 2.45) is 0 Å². The van der Waals surface area contributed by atoms with Crippen LogP contribution >= 0.6 is 12.0 Å². The molecule has 0 N–H and O–H groups in total. The third kappa shape index (κ3) is 4.73. The Hall–Kier alpha value is -3.13. The number of nitrogens with zero attached hydrogens (tertiary/aromatic N) is 3. The van der Waals surface area contributed by atoms with Crippen LogP contribution < -0.4 is 4.89 Å². The number of amides is 1. The molecule has 1 saturated heterocycles. The number of ether oxygens (including phenoxy) is 1. The lowest BCUT2D eigenvalue weighted by molar-refractivity contribution is -0.175. The lowest BCUT2D eigenvalue weighted by atomic mass is 10.1. The van der Waals surface area contributed by atoms with E-state index in [2.05, 4.69) is 4.79 Å². The van der Waals surface area contributed by atoms with Crippen molar-refractivity contribution >= 4 is 29.0 Å². The number of carbonyl (C=O) groups excluding carboxylic acids is 2. The zero-order valence-electron chi connectivity index (χ0n) is 14.1. The largest absolute Gasteiger partial charge is 0.461 e. The molecule has 0 saturated carbocycles. The summed E-state index contributed by atoms with van der Waals surface area (Å²) in [6.07, 6.45) is 0. The van der Waals surface area contributed by atoms with Crippen LogP contribution in [0, 0.1) is 0 Å². The second-order valence-corrected chi connectivity index (χ2v) is 6.21. The van der Waals surface area contributed by atoms with Crippen molar-refractivity contribution in [3.8, 4) is 5.75 Å². The number of para-hydroxylation sites is 1. The second-order valence-electron chi connectivity index (χ2n) is 5.52. The SMILES string of the molecule is [N-]=[N+]=C(SOOc1ccccc1)C(=O)N(Cc1ccccc1)[C@@H]1COC1=O. The molecule has 0 spiro atoms. The van der Waals surface area contributed by atoms with Crippen molar-refractivity contribution in [1.29, 1.82) is 0 Å². The molecule has 2 aromatic rings. The van der Waals surface area contributed by atoms with Gasteiger partial charge in [0.05, 0.1) is 0 Å². The van der Waals surface area contributed by atoms with E-state index in [0.717, 1.165) is 5.56 Å². The van der Waals surface area contributed by atoms with E-state index in [1.54, 1.807) is 24.3 Å². The predicted molar refractivity (Wildman–Crippen MR) is 96.1 cm³/mol. The van der Waals surface area contributed by atoms with E-state index in [1.165, 1.54) is 4.90 Å². The van der Waals surface area contributed by atoms with Gasteiger partial charge in [-0.1, -0.05) is 48.5 Å². The molecule has 8 nitrogen and oxygen atoms in total. The minimum atomic E-state index is -0.745. The Morgan fingerprint density at radius 3 is 2.41 bits per heavy atom. The topological polar surface area (TPSA) is 101 Å². The Labute approximate surface area is 159 Å². The summed E-state index contributed by atoms with van der Waals surface area (Å²) in [5.74, 6) is -0.772. The average Bonchev–Trinajstić information content (AvgIpc) is 2.70. The number of benzene rings is 2. The van der Waals surface area contributed by atoms with Gasteiger partial charge in [0, 0.05) is 6.54 Å². The van der Waals surface area contributed by atoms with E-state index >= 15 is 0 Å². The zero-order chi connectivity index (χ0) is 19.1. The van der Waals surface area contributed by atoms with Crippen LogP contribution in [0.1, 0.15) is 5.56 Å². The number of hydrogen-bond donors (Lipinski definition) is 0. The van der Waals surface area contributed by atoms with Gasteiger partial charge in [-0.05, 0) is 17.7 Å². The Morgan fingerprint density at radius 2 is 1.85 bits per heavy atom. The van der Waals surface area contributed by atoms with Gasteiger partial charge in [0.15, 0.2) is 23.8 Å². The minimum Gasteiger partial charge on any atom is -0.461 e. The summed E-state index contributed by atoms with van der Waals surface area (Å²) < 4.78 is 9.68. The Bertz CT molecular complexity index is 856. The summed E-state index contributed by atoms with van der Waals surface area (Å²) in [5, 5.41) is -0.374. The van der Waals surface area contributed by atoms with Crippen LogP contribution in [0.3, 0.4) is 0 Å². The van der Waals surface area contributed by atoms with Gasteiger partial charge in [0.25, 0.3) is 0 Å². The van der Waals surface area contributed by atoms with Gasteiger partial charge in [0.2, 0.25) is 0 Å². The van der Waals surface area contributed by atoms with Crippen LogP contribution in [0.5, 0.6) is 5.75 Å². The van der Waals surface area contributed by atoms with Gasteiger partial charge in [-0.3, -0.25) is 4.79 Å². The van der Waals surface area contributed by atoms with Gasteiger partial charge >= 0.3 is 16.9 Å². The van der Waals surface area contributed by atoms with E-state index in [9.17, 15) is 15.1 Å². The Morgan fingerprint density at radius 1 is 1.19 bits per heavy atom. The number of carbonyl (C=O) groups is 2. The van der Waals surface area contributed by atoms with Crippen LogP contribution in [0.4, 0.5) is 0 Å². The molecular weight excluding hydrogens is 370 g/mol. The maximum absolute atomic E-state index is 12.8. The summed E-state index contributed by atoms with van der Waals surface area (Å²) in [6.45, 7) is 0.237. The van der Waals surface area contributed by atoms with Gasteiger partial charge in [-0.15, -0.1) is 4.33 Å². The van der Waals surface area contributed by atoms with Crippen molar-refractivity contribution in [2.75, 3.05) is 6.61 Å². The van der Waals surface area contributed by atoms with Crippen molar-refractivity contribution in [1.82, 2.24) is 4.90 Å². The number of esters is 1. The van der Waals surface area contributed by atoms with Gasteiger partial charge in [-0.25, -0.2) is 4.79 Å². The molecular formula is C18H15N3O5S. The first-order valence-corrected chi connectivity index (χ1v) is 8.73. The quantitative estimate of drug-likeness (QED) is 0.110. The first-order chi connectivity index (χ1) is 13.2. The van der Waals surface area contributed by atoms with Crippen LogP contribution in [0.25, 0.3) is 5.53 Å². The summed E-state index contributed by atoms with van der Waals surface area (Å²) in [7, 11) is 0. The van der Waals surface area contributed by atoms with Crippen LogP contribution in [0.15, 0.2) is 60.7 Å². The highest BCUT2D eigenvalue weighted by molar-refractivity contribution is 8.11. The zero-order valence-corrected chi connectivity index (χ0v) is 14.9. The smallest absolute Gasteiger partial charge is 0.444 e. The first-order valence-electron chi connectivity index (χ1n) is 7.99. The fourth-order valence-corrected chi connectivity index (χ4v) is 2.73. The molecule has 1 aliphatic rings. The maximum Gasteiger partial charge on any atom is 0.444 e. The molecule has 0 unspecified atom stereocenters. The van der Waals surface area contributed by atoms with Crippen LogP contribution in [0.2, 0.25) is 0 Å². The molecule has 1 amide bonds. The van der Waals surface area contributed by atoms with Crippen molar-refractivity contribution in [3.63, 3.8) is 0 Å². The normalized spacial score (nSPS) is 15.1. The summed E-state index contributed by atoms with van der Waals surface area (Å²) in [4.78, 5) is 33.7. The highest BCUT2D eigenvalue weighted by Gasteiger charge is 2.43. The monoisotopic (exact) mass is 385 g/mol. The highest BCUT2D eigenvalue weighted by atomic mass is 32.2. The predicted octanol–water partition coefficient (Wildman–Crippen LogP) is 2.23. The lowest BCUT2D eigenvalue weighted by Gasteiger charge is -2.34. The van der Waals surface area contributed by atoms with E-state index in [-0.39, 0.29) is 18.2 Å². The molecule has 1 aliphatic heterocycles. The molecule has 1 heterocycles. The molecule has 3 rings (SSSR count). The molecule has 2 aromatic carbocycles. The molecule has 138 valence electrons. The summed E-state index contributed by atoms with van der Waals surface area (Å²) in [5.41, 5.74) is 10.0. The Balaban J connectivity index is 1.67. The fourth-order valence-electron chi connectivity index (χ4n) is 2.33. The molecule has 1 fully saturated rings. The molecule has 9 heteroatoms. The average molecular weight is 385 g/mol. The minimum absolute atomic E-state index is 0.0855. The molecule has 27 heavy (non-hydrogen) atoms. The lowest BCUT2D eigenvalue weighted by Crippen LogP contribution is -2.56. The first kappa shape index (κ1) is 18.7. The van der Waals surface area contributed by atoms with E-state index < -0.39 is 17.9 Å². The third-order valence-corrected chi connectivity index (χ3v) is 4.30. The second kappa shape index (κ2) is 9.00. The standard InChI is InChI=1S/C18H15N3O5S/c19-20-16(27-26-25-14-9-5-2-6-10-14)17(22)21(15-12-24-18(15)23)11-13-7-3-1-4-8-13/h1-10,15H,11-12H2/t15-/m1/s1. The van der Waals surface area contributed by atoms with E-state index in [4.69, 9.17) is 14.0 Å². The fraction of sp³-hybridized carbons (Fsp3) is 0.167. The molecule has 1 atom stereocenters. The van der Waals surface area contributed by atoms with Gasteiger partial charge < -0.3 is 20.1 Å². The van der Waals surface area contributed by atoms with Crippen molar-refractivity contribution < 1.29 is 28.3 Å². The molecule has 0 radical (unpaired) electrons. The van der Waals surface area contributed by atoms with Gasteiger partial charge in [-0.2, -0.15) is 4.79 Å². The third-order valence-electron chi connectivity index (χ3n) is 3.75. The molecule has 0 aliphatic carbocycles. The highest BCUT2D eigenvalue weighted by Crippen LogP contribution is 2.20. The van der Waals surface area contributed by atoms with Crippen LogP contribution in [-0.4, -0.2) is 39.3 Å². The van der Waals surface area contributed by atoms with Crippen molar-refractivity contribution in [3.05, 3.63) is 71.8 Å². The number of cyclic esters (lactones) is 1. The number of hydrogen-bond acceptors (Lipinski definition) is 6. The molecule has 0 aromatic heterocycles. The summed E-state index contributed by atoms with van der Waals surface area (Å²) in [6, 6.07) is 17.0. The summed E-state index contributed by atoms with van der Waals surface area (Å²) >= 11 is 0.451. The van der Waals surface area contributed by atoms with E-state index in [1.807, 2.05) is 36.4 Å². The maximum atomic E-state index is 12.8. The van der Waals surface area contributed by atoms with Crippen LogP contribution in [-0.2, 0) is 25.2 Å². The van der Waals surface area contributed by atoms with Crippen molar-refractivity contribution in [2.45, 2.75) is 12.6 Å². The van der Waals surface area contributed by atoms with E-state index in [0.29, 0.717) is 17.8 Å². The Kier molecular flexibility index (Phi) is 6.22. The molecule has 0 bridgehead atoms.